The average Bonchev–Trinajstić information content (AvgIpc) is 2.55. The molecule has 2 aromatic carbocycles. The van der Waals surface area contributed by atoms with E-state index in [1.165, 1.54) is 0 Å². The number of aryl methyl sites for hydroxylation is 1. The number of carbonyl (C=O) groups is 2. The predicted octanol–water partition coefficient (Wildman–Crippen LogP) is 4.73. The van der Waals surface area contributed by atoms with Crippen LogP contribution in [-0.2, 0) is 14.3 Å². The van der Waals surface area contributed by atoms with E-state index in [1.807, 2.05) is 19.1 Å². The maximum Gasteiger partial charge on any atom is 0.344 e. The maximum atomic E-state index is 11.9. The van der Waals surface area contributed by atoms with E-state index < -0.39 is 18.5 Å². The number of anilines is 1. The SMILES string of the molecule is Cc1cc(Br)c(NC(=O)COC(=O)COc2ccc(Cl)cc2)c(Br)c1. The van der Waals surface area contributed by atoms with Gasteiger partial charge in [0.15, 0.2) is 13.2 Å². The molecule has 0 saturated heterocycles. The molecule has 2 aromatic rings. The minimum atomic E-state index is -0.646. The summed E-state index contributed by atoms with van der Waals surface area (Å²) in [6, 6.07) is 10.3. The van der Waals surface area contributed by atoms with Crippen LogP contribution in [0.25, 0.3) is 0 Å². The molecule has 1 N–H and O–H groups in total. The Labute approximate surface area is 166 Å². The van der Waals surface area contributed by atoms with Gasteiger partial charge in [-0.05, 0) is 80.7 Å². The van der Waals surface area contributed by atoms with Crippen LogP contribution in [0.3, 0.4) is 0 Å². The summed E-state index contributed by atoms with van der Waals surface area (Å²) in [5, 5.41) is 3.25. The minimum Gasteiger partial charge on any atom is -0.482 e. The van der Waals surface area contributed by atoms with Crippen LogP contribution in [-0.4, -0.2) is 25.1 Å². The van der Waals surface area contributed by atoms with Crippen molar-refractivity contribution >= 4 is 61.0 Å². The molecule has 0 atom stereocenters. The van der Waals surface area contributed by atoms with E-state index in [4.69, 9.17) is 21.1 Å². The topological polar surface area (TPSA) is 64.6 Å². The molecule has 132 valence electrons. The lowest BCUT2D eigenvalue weighted by Gasteiger charge is -2.11. The van der Waals surface area contributed by atoms with Gasteiger partial charge in [0.1, 0.15) is 5.75 Å². The van der Waals surface area contributed by atoms with Crippen molar-refractivity contribution in [2.45, 2.75) is 6.92 Å². The number of carbonyl (C=O) groups excluding carboxylic acids is 2. The molecule has 0 saturated carbocycles. The number of halogens is 3. The molecule has 0 aliphatic carbocycles. The molecule has 5 nitrogen and oxygen atoms in total. The summed E-state index contributed by atoms with van der Waals surface area (Å²) in [4.78, 5) is 23.6. The first kappa shape index (κ1) is 19.8. The first-order chi connectivity index (χ1) is 11.8. The first-order valence-electron chi connectivity index (χ1n) is 7.14. The Kier molecular flexibility index (Phi) is 7.28. The lowest BCUT2D eigenvalue weighted by molar-refractivity contribution is -0.149. The van der Waals surface area contributed by atoms with Gasteiger partial charge in [-0.25, -0.2) is 4.79 Å². The van der Waals surface area contributed by atoms with Gasteiger partial charge in [0.2, 0.25) is 0 Å². The van der Waals surface area contributed by atoms with Gasteiger partial charge in [-0.2, -0.15) is 0 Å². The third kappa shape index (κ3) is 6.34. The van der Waals surface area contributed by atoms with E-state index in [9.17, 15) is 9.59 Å². The fourth-order valence-electron chi connectivity index (χ4n) is 1.86. The summed E-state index contributed by atoms with van der Waals surface area (Å²) in [6.07, 6.45) is 0. The largest absolute Gasteiger partial charge is 0.482 e. The lowest BCUT2D eigenvalue weighted by Crippen LogP contribution is -2.24. The minimum absolute atomic E-state index is 0.299. The molecular formula is C17H14Br2ClNO4. The van der Waals surface area contributed by atoms with Crippen molar-refractivity contribution in [1.29, 1.82) is 0 Å². The van der Waals surface area contributed by atoms with Crippen LogP contribution in [0.4, 0.5) is 5.69 Å². The van der Waals surface area contributed by atoms with Crippen LogP contribution in [0, 0.1) is 6.92 Å². The molecule has 0 heterocycles. The van der Waals surface area contributed by atoms with E-state index >= 15 is 0 Å². The highest BCUT2D eigenvalue weighted by Gasteiger charge is 2.12. The Morgan fingerprint density at radius 3 is 2.28 bits per heavy atom. The smallest absolute Gasteiger partial charge is 0.344 e. The van der Waals surface area contributed by atoms with Crippen molar-refractivity contribution in [1.82, 2.24) is 0 Å². The van der Waals surface area contributed by atoms with Gasteiger partial charge in [-0.15, -0.1) is 0 Å². The quantitative estimate of drug-likeness (QED) is 0.594. The maximum absolute atomic E-state index is 11.9. The van der Waals surface area contributed by atoms with E-state index in [2.05, 4.69) is 37.2 Å². The molecule has 25 heavy (non-hydrogen) atoms. The van der Waals surface area contributed by atoms with Crippen LogP contribution in [0.1, 0.15) is 5.56 Å². The van der Waals surface area contributed by atoms with Crippen molar-refractivity contribution < 1.29 is 19.1 Å². The number of hydrogen-bond donors (Lipinski definition) is 1. The summed E-state index contributed by atoms with van der Waals surface area (Å²) in [5.74, 6) is -0.615. The van der Waals surface area contributed by atoms with Gasteiger partial charge in [0, 0.05) is 14.0 Å². The molecule has 0 spiro atoms. The third-order valence-corrected chi connectivity index (χ3v) is 4.49. The highest BCUT2D eigenvalue weighted by molar-refractivity contribution is 9.11. The Balaban J connectivity index is 1.79. The summed E-state index contributed by atoms with van der Waals surface area (Å²) in [5.41, 5.74) is 1.60. The van der Waals surface area contributed by atoms with Crippen molar-refractivity contribution in [2.75, 3.05) is 18.5 Å². The lowest BCUT2D eigenvalue weighted by atomic mass is 10.2. The number of nitrogens with one attached hydrogen (secondary N) is 1. The molecule has 0 bridgehead atoms. The summed E-state index contributed by atoms with van der Waals surface area (Å²) in [7, 11) is 0. The van der Waals surface area contributed by atoms with Crippen molar-refractivity contribution in [3.8, 4) is 5.75 Å². The number of rotatable bonds is 6. The Bertz CT molecular complexity index is 758. The molecule has 0 aromatic heterocycles. The van der Waals surface area contributed by atoms with Crippen LogP contribution in [0.5, 0.6) is 5.75 Å². The van der Waals surface area contributed by atoms with Crippen LogP contribution in [0.2, 0.25) is 5.02 Å². The fraction of sp³-hybridized carbons (Fsp3) is 0.176. The average molecular weight is 492 g/mol. The monoisotopic (exact) mass is 489 g/mol. The zero-order chi connectivity index (χ0) is 18.4. The first-order valence-corrected chi connectivity index (χ1v) is 9.11. The second kappa shape index (κ2) is 9.22. The van der Waals surface area contributed by atoms with Crippen molar-refractivity contribution in [3.05, 3.63) is 55.9 Å². The van der Waals surface area contributed by atoms with Crippen LogP contribution < -0.4 is 10.1 Å². The number of benzene rings is 2. The molecule has 0 radical (unpaired) electrons. The summed E-state index contributed by atoms with van der Waals surface area (Å²) in [6.45, 7) is 1.23. The molecule has 8 heteroatoms. The Morgan fingerprint density at radius 1 is 1.08 bits per heavy atom. The zero-order valence-corrected chi connectivity index (χ0v) is 17.1. The molecular weight excluding hydrogens is 477 g/mol. The Morgan fingerprint density at radius 2 is 1.68 bits per heavy atom. The number of esters is 1. The highest BCUT2D eigenvalue weighted by atomic mass is 79.9. The van der Waals surface area contributed by atoms with Gasteiger partial charge in [0.05, 0.1) is 5.69 Å². The summed E-state index contributed by atoms with van der Waals surface area (Å²) < 4.78 is 11.6. The second-order valence-corrected chi connectivity index (χ2v) is 7.20. The standard InChI is InChI=1S/C17H14Br2ClNO4/c1-10-6-13(18)17(14(19)7-10)21-15(22)8-25-16(23)9-24-12-4-2-11(20)3-5-12/h2-7H,8-9H2,1H3,(H,21,22). The molecule has 2 rings (SSSR count). The number of hydrogen-bond acceptors (Lipinski definition) is 4. The normalized spacial score (nSPS) is 10.2. The van der Waals surface area contributed by atoms with Crippen molar-refractivity contribution in [3.63, 3.8) is 0 Å². The van der Waals surface area contributed by atoms with Gasteiger partial charge in [0.25, 0.3) is 5.91 Å². The third-order valence-electron chi connectivity index (χ3n) is 2.99. The van der Waals surface area contributed by atoms with Gasteiger partial charge < -0.3 is 14.8 Å². The number of ether oxygens (including phenoxy) is 2. The van der Waals surface area contributed by atoms with Crippen molar-refractivity contribution in [2.24, 2.45) is 0 Å². The molecule has 0 fully saturated rings. The summed E-state index contributed by atoms with van der Waals surface area (Å²) >= 11 is 12.5. The van der Waals surface area contributed by atoms with Crippen LogP contribution >= 0.6 is 43.5 Å². The Hall–Kier alpha value is -1.57. The van der Waals surface area contributed by atoms with Gasteiger partial charge >= 0.3 is 5.97 Å². The van der Waals surface area contributed by atoms with Gasteiger partial charge in [-0.1, -0.05) is 11.6 Å². The molecule has 0 aliphatic heterocycles. The van der Waals surface area contributed by atoms with E-state index in [1.54, 1.807) is 24.3 Å². The van der Waals surface area contributed by atoms with E-state index in [0.29, 0.717) is 16.5 Å². The van der Waals surface area contributed by atoms with Gasteiger partial charge in [-0.3, -0.25) is 4.79 Å². The van der Waals surface area contributed by atoms with Crippen LogP contribution in [0.15, 0.2) is 45.3 Å². The number of amides is 1. The predicted molar refractivity (Wildman–Crippen MR) is 103 cm³/mol. The van der Waals surface area contributed by atoms with E-state index in [-0.39, 0.29) is 6.61 Å². The highest BCUT2D eigenvalue weighted by Crippen LogP contribution is 2.32. The fourth-order valence-corrected chi connectivity index (χ4v) is 3.60. The molecule has 0 aliphatic rings. The second-order valence-electron chi connectivity index (χ2n) is 5.06. The zero-order valence-electron chi connectivity index (χ0n) is 13.1. The molecule has 1 amide bonds. The van der Waals surface area contributed by atoms with E-state index in [0.717, 1.165) is 14.5 Å². The molecule has 0 unspecified atom stereocenters.